The van der Waals surface area contributed by atoms with Crippen LogP contribution in [-0.4, -0.2) is 104 Å². The quantitative estimate of drug-likeness (QED) is 0.343. The number of aromatic amines is 1. The molecule has 2 aromatic heterocycles. The summed E-state index contributed by atoms with van der Waals surface area (Å²) in [6, 6.07) is 6.18. The molecule has 5 rings (SSSR count). The normalized spacial score (nSPS) is 19.4. The summed E-state index contributed by atoms with van der Waals surface area (Å²) in [5.41, 5.74) is 2.15. The number of nitrogens with one attached hydrogen (secondary N) is 3. The van der Waals surface area contributed by atoms with Gasteiger partial charge in [0.2, 0.25) is 5.91 Å². The van der Waals surface area contributed by atoms with Crippen LogP contribution in [0.25, 0.3) is 10.9 Å². The van der Waals surface area contributed by atoms with Crippen molar-refractivity contribution in [2.45, 2.75) is 31.5 Å². The Hall–Kier alpha value is -3.03. The Bertz CT molecular complexity index is 1420. The Kier molecular flexibility index (Phi) is 9.25. The Morgan fingerprint density at radius 2 is 1.88 bits per heavy atom. The Balaban J connectivity index is 1.34. The minimum absolute atomic E-state index is 0.113. The Morgan fingerprint density at radius 3 is 2.63 bits per heavy atom. The van der Waals surface area contributed by atoms with Gasteiger partial charge in [-0.05, 0) is 37.7 Å². The summed E-state index contributed by atoms with van der Waals surface area (Å²) in [4.78, 5) is 52.8. The molecule has 1 saturated heterocycles. The highest BCUT2D eigenvalue weighted by Gasteiger charge is 2.37. The third kappa shape index (κ3) is 6.73. The lowest BCUT2D eigenvalue weighted by atomic mass is 9.97. The van der Waals surface area contributed by atoms with Crippen molar-refractivity contribution >= 4 is 51.6 Å². The summed E-state index contributed by atoms with van der Waals surface area (Å²) in [6.45, 7) is 2.76. The molecule has 3 N–H and O–H groups in total. The van der Waals surface area contributed by atoms with Crippen LogP contribution in [0.4, 0.5) is 0 Å². The summed E-state index contributed by atoms with van der Waals surface area (Å²) in [7, 11) is 5.14. The zero-order valence-electron chi connectivity index (χ0n) is 23.4. The van der Waals surface area contributed by atoms with Gasteiger partial charge in [-0.25, -0.2) is 4.98 Å². The van der Waals surface area contributed by atoms with E-state index in [1.54, 1.807) is 37.3 Å². The van der Waals surface area contributed by atoms with Crippen LogP contribution in [0.15, 0.2) is 24.3 Å². The predicted molar refractivity (Wildman–Crippen MR) is 156 cm³/mol. The number of ether oxygens (including phenoxy) is 2. The summed E-state index contributed by atoms with van der Waals surface area (Å²) in [5, 5.41) is 7.96. The largest absolute Gasteiger partial charge is 0.384 e. The average molecular weight is 603 g/mol. The Morgan fingerprint density at radius 1 is 1.12 bits per heavy atom. The molecule has 1 aromatic carbocycles. The van der Waals surface area contributed by atoms with Crippen LogP contribution in [-0.2, 0) is 27.2 Å². The fourth-order valence-corrected chi connectivity index (χ4v) is 6.72. The number of aromatic nitrogens is 2. The molecule has 0 saturated carbocycles. The van der Waals surface area contributed by atoms with Crippen molar-refractivity contribution in [3.05, 3.63) is 50.6 Å². The molecule has 0 aliphatic carbocycles. The molecule has 41 heavy (non-hydrogen) atoms. The number of amides is 3. The molecule has 0 bridgehead atoms. The van der Waals surface area contributed by atoms with Crippen LogP contribution in [0.2, 0.25) is 5.02 Å². The lowest BCUT2D eigenvalue weighted by Gasteiger charge is -2.40. The van der Waals surface area contributed by atoms with Gasteiger partial charge in [0.25, 0.3) is 11.8 Å². The number of halogens is 1. The molecule has 3 aromatic rings. The van der Waals surface area contributed by atoms with Crippen molar-refractivity contribution < 1.29 is 23.9 Å². The van der Waals surface area contributed by atoms with Gasteiger partial charge in [0.15, 0.2) is 5.01 Å². The fraction of sp³-hybridized carbons (Fsp3) is 0.500. The fourth-order valence-electron chi connectivity index (χ4n) is 5.44. The monoisotopic (exact) mass is 602 g/mol. The number of piperidine rings is 1. The maximum Gasteiger partial charge on any atom is 0.280 e. The van der Waals surface area contributed by atoms with Gasteiger partial charge in [-0.3, -0.25) is 14.4 Å². The highest BCUT2D eigenvalue weighted by atomic mass is 35.5. The molecular formula is C28H35ClN6O5S. The molecule has 4 heterocycles. The maximum absolute atomic E-state index is 13.4. The first-order valence-corrected chi connectivity index (χ1v) is 14.8. The van der Waals surface area contributed by atoms with Crippen molar-refractivity contribution in [1.82, 2.24) is 30.4 Å². The zero-order valence-corrected chi connectivity index (χ0v) is 24.9. The molecule has 0 spiro atoms. The summed E-state index contributed by atoms with van der Waals surface area (Å²) >= 11 is 7.51. The van der Waals surface area contributed by atoms with E-state index in [2.05, 4.69) is 25.5 Å². The van der Waals surface area contributed by atoms with Crippen LogP contribution in [0.5, 0.6) is 0 Å². The number of hydrogen-bond donors (Lipinski definition) is 3. The third-order valence-electron chi connectivity index (χ3n) is 7.59. The van der Waals surface area contributed by atoms with E-state index in [-0.39, 0.29) is 37.5 Å². The van der Waals surface area contributed by atoms with E-state index in [9.17, 15) is 14.4 Å². The lowest BCUT2D eigenvalue weighted by Crippen LogP contribution is -2.62. The highest BCUT2D eigenvalue weighted by molar-refractivity contribution is 7.13. The first-order valence-electron chi connectivity index (χ1n) is 13.6. The smallest absolute Gasteiger partial charge is 0.280 e. The topological polar surface area (TPSA) is 129 Å². The van der Waals surface area contributed by atoms with Crippen molar-refractivity contribution in [2.75, 3.05) is 54.1 Å². The maximum atomic E-state index is 13.4. The van der Waals surface area contributed by atoms with Crippen LogP contribution in [0.3, 0.4) is 0 Å². The second kappa shape index (κ2) is 12.9. The Labute approximate surface area is 247 Å². The number of benzene rings is 1. The van der Waals surface area contributed by atoms with E-state index in [1.165, 1.54) is 11.3 Å². The van der Waals surface area contributed by atoms with Gasteiger partial charge >= 0.3 is 0 Å². The number of H-pyrrole nitrogens is 1. The molecule has 2 atom stereocenters. The van der Waals surface area contributed by atoms with Crippen LogP contribution in [0, 0.1) is 5.92 Å². The molecule has 1 fully saturated rings. The number of fused-ring (bicyclic) bond motifs is 2. The first kappa shape index (κ1) is 29.5. The van der Waals surface area contributed by atoms with Gasteiger partial charge in [-0.2, -0.15) is 0 Å². The van der Waals surface area contributed by atoms with E-state index in [1.807, 2.05) is 13.1 Å². The van der Waals surface area contributed by atoms with Gasteiger partial charge in [-0.15, -0.1) is 11.3 Å². The molecule has 11 nitrogen and oxygen atoms in total. The number of methoxy groups -OCH3 is 2. The van der Waals surface area contributed by atoms with Crippen molar-refractivity contribution in [3.8, 4) is 0 Å². The minimum Gasteiger partial charge on any atom is -0.384 e. The van der Waals surface area contributed by atoms with Gasteiger partial charge in [0, 0.05) is 67.6 Å². The van der Waals surface area contributed by atoms with E-state index >= 15 is 0 Å². The zero-order chi connectivity index (χ0) is 29.1. The summed E-state index contributed by atoms with van der Waals surface area (Å²) in [5.74, 6) is -1.19. The number of nitrogens with zero attached hydrogens (tertiary/aromatic N) is 3. The van der Waals surface area contributed by atoms with Crippen molar-refractivity contribution in [1.29, 1.82) is 0 Å². The van der Waals surface area contributed by atoms with Crippen molar-refractivity contribution in [3.63, 3.8) is 0 Å². The predicted octanol–water partition coefficient (Wildman–Crippen LogP) is 2.30. The number of hydrogen-bond acceptors (Lipinski definition) is 8. The second-order valence-electron chi connectivity index (χ2n) is 10.6. The van der Waals surface area contributed by atoms with E-state index in [0.717, 1.165) is 41.0 Å². The molecule has 0 unspecified atom stereocenters. The van der Waals surface area contributed by atoms with E-state index in [4.69, 9.17) is 21.1 Å². The molecular weight excluding hydrogens is 568 g/mol. The summed E-state index contributed by atoms with van der Waals surface area (Å²) < 4.78 is 10.5. The van der Waals surface area contributed by atoms with E-state index in [0.29, 0.717) is 28.7 Å². The van der Waals surface area contributed by atoms with Gasteiger partial charge in [-0.1, -0.05) is 11.6 Å². The van der Waals surface area contributed by atoms with Crippen molar-refractivity contribution in [2.24, 2.45) is 5.92 Å². The number of carbonyl (C=O) groups is 3. The SMILES string of the molecule is COCC(COC)C(=O)N1CC[C@H](NC(=O)c2cc3cc(Cl)ccc3[nH]2)[C@H](NC(=O)c2nc3c(s2)CN(C)CC3)C1. The van der Waals surface area contributed by atoms with E-state index < -0.39 is 18.0 Å². The standard InChI is InChI=1S/C28H35ClN6O5S/c1-34-8-6-21-24(13-34)41-27(33-21)26(37)32-23-12-35(28(38)17(14-39-2)15-40-3)9-7-20(23)31-25(36)22-11-16-10-18(29)4-5-19(16)30-22/h4-5,10-11,17,20,23,30H,6-9,12-15H2,1-3H3,(H,31,36)(H,32,37)/t20-,23+/m0/s1. The first-order chi connectivity index (χ1) is 19.7. The second-order valence-corrected chi connectivity index (χ2v) is 12.2. The number of rotatable bonds is 9. The number of likely N-dealkylation sites (tertiary alicyclic amines) is 1. The minimum atomic E-state index is -0.530. The lowest BCUT2D eigenvalue weighted by molar-refractivity contribution is -0.140. The third-order valence-corrected chi connectivity index (χ3v) is 8.90. The molecule has 2 aliphatic heterocycles. The van der Waals surface area contributed by atoms with Gasteiger partial charge in [0.1, 0.15) is 5.69 Å². The van der Waals surface area contributed by atoms with Gasteiger partial charge < -0.3 is 34.9 Å². The molecule has 220 valence electrons. The molecule has 2 aliphatic rings. The number of likely N-dealkylation sites (N-methyl/N-ethyl adjacent to an activating group) is 1. The highest BCUT2D eigenvalue weighted by Crippen LogP contribution is 2.25. The average Bonchev–Trinajstić information content (AvgIpc) is 3.57. The van der Waals surface area contributed by atoms with Crippen LogP contribution < -0.4 is 10.6 Å². The van der Waals surface area contributed by atoms with Gasteiger partial charge in [0.05, 0.1) is 36.9 Å². The van der Waals surface area contributed by atoms with Crippen LogP contribution >= 0.6 is 22.9 Å². The molecule has 0 radical (unpaired) electrons. The molecule has 13 heteroatoms. The molecule has 3 amide bonds. The summed E-state index contributed by atoms with van der Waals surface area (Å²) in [6.07, 6.45) is 1.26. The number of thiazole rings is 1. The van der Waals surface area contributed by atoms with Crippen LogP contribution in [0.1, 0.15) is 37.3 Å². The number of carbonyl (C=O) groups excluding carboxylic acids is 3.